The van der Waals surface area contributed by atoms with Gasteiger partial charge in [-0.3, -0.25) is 0 Å². The maximum absolute atomic E-state index is 12.6. The normalized spacial score (nSPS) is 33.8. The summed E-state index contributed by atoms with van der Waals surface area (Å²) in [5.41, 5.74) is 1.17. The van der Waals surface area contributed by atoms with E-state index in [2.05, 4.69) is 10.6 Å². The third-order valence-corrected chi connectivity index (χ3v) is 6.46. The first-order chi connectivity index (χ1) is 12.0. The van der Waals surface area contributed by atoms with Crippen molar-refractivity contribution < 1.29 is 9.53 Å². The van der Waals surface area contributed by atoms with Crippen LogP contribution in [-0.4, -0.2) is 18.2 Å². The van der Waals surface area contributed by atoms with E-state index in [1.165, 1.54) is 38.5 Å². The molecule has 0 aromatic heterocycles. The highest BCUT2D eigenvalue weighted by molar-refractivity contribution is 5.75. The van der Waals surface area contributed by atoms with Crippen LogP contribution in [0.4, 0.5) is 4.79 Å². The summed E-state index contributed by atoms with van der Waals surface area (Å²) in [6.45, 7) is 4.68. The van der Waals surface area contributed by atoms with Crippen LogP contribution in [0.15, 0.2) is 24.3 Å². The predicted octanol–water partition coefficient (Wildman–Crippen LogP) is 4.41. The van der Waals surface area contributed by atoms with Gasteiger partial charge in [-0.25, -0.2) is 4.79 Å². The van der Waals surface area contributed by atoms with Gasteiger partial charge < -0.3 is 15.4 Å². The van der Waals surface area contributed by atoms with Crippen molar-refractivity contribution in [1.29, 1.82) is 0 Å². The lowest BCUT2D eigenvalue weighted by atomic mass is 9.53. The first-order valence-corrected chi connectivity index (χ1v) is 9.86. The molecule has 1 unspecified atom stereocenters. The average molecular weight is 342 g/mol. The van der Waals surface area contributed by atoms with E-state index in [0.717, 1.165) is 29.1 Å². The van der Waals surface area contributed by atoms with E-state index in [9.17, 15) is 4.79 Å². The van der Waals surface area contributed by atoms with E-state index >= 15 is 0 Å². The third kappa shape index (κ3) is 3.49. The Balaban J connectivity index is 1.35. The summed E-state index contributed by atoms with van der Waals surface area (Å²) in [5.74, 6) is 3.40. The minimum Gasteiger partial charge on any atom is -0.494 e. The molecule has 4 bridgehead atoms. The van der Waals surface area contributed by atoms with Gasteiger partial charge in [0.05, 0.1) is 12.6 Å². The number of benzene rings is 1. The van der Waals surface area contributed by atoms with Gasteiger partial charge in [0.25, 0.3) is 0 Å². The first kappa shape index (κ1) is 16.7. The van der Waals surface area contributed by atoms with Crippen LogP contribution in [0.3, 0.4) is 0 Å². The molecule has 4 heteroatoms. The molecule has 136 valence electrons. The largest absolute Gasteiger partial charge is 0.494 e. The summed E-state index contributed by atoms with van der Waals surface area (Å²) in [4.78, 5) is 12.6. The molecule has 1 atom stereocenters. The van der Waals surface area contributed by atoms with Crippen molar-refractivity contribution in [3.63, 3.8) is 0 Å². The molecule has 4 saturated carbocycles. The monoisotopic (exact) mass is 342 g/mol. The molecule has 0 radical (unpaired) electrons. The summed E-state index contributed by atoms with van der Waals surface area (Å²) in [6.07, 6.45) is 7.74. The van der Waals surface area contributed by atoms with Crippen LogP contribution in [0.25, 0.3) is 0 Å². The maximum atomic E-state index is 12.6. The van der Waals surface area contributed by atoms with E-state index in [4.69, 9.17) is 4.74 Å². The fourth-order valence-corrected chi connectivity index (χ4v) is 5.84. The number of hydrogen-bond acceptors (Lipinski definition) is 2. The molecule has 1 aromatic carbocycles. The Labute approximate surface area is 150 Å². The molecule has 4 fully saturated rings. The SMILES string of the molecule is CCOc1ccc(C(C)NC(=O)NC23CC4CC(CC(C4)C2)C3)cc1. The lowest BCUT2D eigenvalue weighted by Crippen LogP contribution is -2.61. The zero-order chi connectivity index (χ0) is 17.4. The first-order valence-electron chi connectivity index (χ1n) is 9.86. The zero-order valence-corrected chi connectivity index (χ0v) is 15.4. The van der Waals surface area contributed by atoms with Gasteiger partial charge in [0.1, 0.15) is 5.75 Å². The Morgan fingerprint density at radius 3 is 2.20 bits per heavy atom. The lowest BCUT2D eigenvalue weighted by molar-refractivity contribution is -0.0136. The lowest BCUT2D eigenvalue weighted by Gasteiger charge is -2.56. The van der Waals surface area contributed by atoms with Gasteiger partial charge in [-0.15, -0.1) is 0 Å². The van der Waals surface area contributed by atoms with Crippen LogP contribution < -0.4 is 15.4 Å². The molecule has 5 rings (SSSR count). The average Bonchev–Trinajstić information content (AvgIpc) is 2.53. The quantitative estimate of drug-likeness (QED) is 0.832. The number of amides is 2. The van der Waals surface area contributed by atoms with Gasteiger partial charge in [-0.1, -0.05) is 12.1 Å². The molecule has 25 heavy (non-hydrogen) atoms. The Bertz CT molecular complexity index is 590. The van der Waals surface area contributed by atoms with E-state index in [1.807, 2.05) is 38.1 Å². The van der Waals surface area contributed by atoms with E-state index < -0.39 is 0 Å². The minimum atomic E-state index is -0.0108. The van der Waals surface area contributed by atoms with Gasteiger partial charge in [-0.2, -0.15) is 0 Å². The molecule has 4 aliphatic rings. The van der Waals surface area contributed by atoms with Gasteiger partial charge >= 0.3 is 6.03 Å². The standard InChI is InChI=1S/C21H30N2O2/c1-3-25-19-6-4-18(5-7-19)14(2)22-20(24)23-21-11-15-8-16(12-21)10-17(9-15)13-21/h4-7,14-17H,3,8-13H2,1-2H3,(H2,22,23,24). The fourth-order valence-electron chi connectivity index (χ4n) is 5.84. The minimum absolute atomic E-state index is 0.00964. The summed E-state index contributed by atoms with van der Waals surface area (Å²) >= 11 is 0. The zero-order valence-electron chi connectivity index (χ0n) is 15.4. The molecule has 1 aromatic rings. The third-order valence-electron chi connectivity index (χ3n) is 6.46. The van der Waals surface area contributed by atoms with Crippen molar-refractivity contribution >= 4 is 6.03 Å². The molecule has 0 heterocycles. The predicted molar refractivity (Wildman–Crippen MR) is 98.6 cm³/mol. The number of hydrogen-bond donors (Lipinski definition) is 2. The fraction of sp³-hybridized carbons (Fsp3) is 0.667. The molecule has 0 aliphatic heterocycles. The smallest absolute Gasteiger partial charge is 0.315 e. The number of rotatable bonds is 5. The molecule has 0 saturated heterocycles. The van der Waals surface area contributed by atoms with Gasteiger partial charge in [0.15, 0.2) is 0 Å². The molecular formula is C21H30N2O2. The molecular weight excluding hydrogens is 312 g/mol. The molecule has 2 amide bonds. The molecule has 0 spiro atoms. The Kier molecular flexibility index (Phi) is 4.38. The van der Waals surface area contributed by atoms with Crippen LogP contribution in [0, 0.1) is 17.8 Å². The summed E-state index contributed by atoms with van der Waals surface area (Å²) in [5, 5.41) is 6.51. The maximum Gasteiger partial charge on any atom is 0.315 e. The highest BCUT2D eigenvalue weighted by Gasteiger charge is 2.51. The van der Waals surface area contributed by atoms with Crippen molar-refractivity contribution in [3.05, 3.63) is 29.8 Å². The number of nitrogens with one attached hydrogen (secondary N) is 2. The van der Waals surface area contributed by atoms with Crippen LogP contribution >= 0.6 is 0 Å². The number of urea groups is 1. The van der Waals surface area contributed by atoms with Gasteiger partial charge in [0, 0.05) is 5.54 Å². The van der Waals surface area contributed by atoms with Gasteiger partial charge in [-0.05, 0) is 87.8 Å². The second-order valence-electron chi connectivity index (χ2n) is 8.52. The van der Waals surface area contributed by atoms with Crippen molar-refractivity contribution in [2.75, 3.05) is 6.61 Å². The summed E-state index contributed by atoms with van der Waals surface area (Å²) < 4.78 is 5.48. The van der Waals surface area contributed by atoms with E-state index in [-0.39, 0.29) is 17.6 Å². The topological polar surface area (TPSA) is 50.4 Å². The highest BCUT2D eigenvalue weighted by atomic mass is 16.5. The van der Waals surface area contributed by atoms with Crippen LogP contribution in [-0.2, 0) is 0 Å². The second kappa shape index (κ2) is 6.54. The number of carbonyl (C=O) groups excluding carboxylic acids is 1. The Hall–Kier alpha value is -1.71. The van der Waals surface area contributed by atoms with E-state index in [1.54, 1.807) is 0 Å². The van der Waals surface area contributed by atoms with E-state index in [0.29, 0.717) is 6.61 Å². The number of carbonyl (C=O) groups is 1. The van der Waals surface area contributed by atoms with Crippen molar-refractivity contribution in [3.8, 4) is 5.75 Å². The van der Waals surface area contributed by atoms with Crippen LogP contribution in [0.5, 0.6) is 5.75 Å². The highest BCUT2D eigenvalue weighted by Crippen LogP contribution is 2.55. The Morgan fingerprint density at radius 1 is 1.12 bits per heavy atom. The second-order valence-corrected chi connectivity index (χ2v) is 8.52. The van der Waals surface area contributed by atoms with Crippen LogP contribution in [0.1, 0.15) is 64.0 Å². The van der Waals surface area contributed by atoms with Crippen molar-refractivity contribution in [1.82, 2.24) is 10.6 Å². The number of ether oxygens (including phenoxy) is 1. The van der Waals surface area contributed by atoms with Crippen molar-refractivity contribution in [2.45, 2.75) is 64.0 Å². The molecule has 2 N–H and O–H groups in total. The molecule has 4 nitrogen and oxygen atoms in total. The molecule has 4 aliphatic carbocycles. The Morgan fingerprint density at radius 2 is 1.68 bits per heavy atom. The summed E-state index contributed by atoms with van der Waals surface area (Å²) in [7, 11) is 0. The summed E-state index contributed by atoms with van der Waals surface area (Å²) in [6, 6.07) is 7.97. The van der Waals surface area contributed by atoms with Gasteiger partial charge in [0.2, 0.25) is 0 Å². The van der Waals surface area contributed by atoms with Crippen LogP contribution in [0.2, 0.25) is 0 Å². The van der Waals surface area contributed by atoms with Crippen molar-refractivity contribution in [2.24, 2.45) is 17.8 Å².